The molecule has 0 aliphatic rings. The van der Waals surface area contributed by atoms with Crippen molar-refractivity contribution in [1.29, 1.82) is 0 Å². The van der Waals surface area contributed by atoms with Gasteiger partial charge in [0, 0.05) is 12.1 Å². The van der Waals surface area contributed by atoms with Crippen LogP contribution in [0.25, 0.3) is 10.6 Å². The Kier molecular flexibility index (Phi) is 4.49. The molecule has 0 saturated heterocycles. The van der Waals surface area contributed by atoms with Crippen LogP contribution < -0.4 is 5.32 Å². The molecule has 0 aliphatic carbocycles. The lowest BCUT2D eigenvalue weighted by Gasteiger charge is -2.04. The average molecular weight is 265 g/mol. The van der Waals surface area contributed by atoms with Crippen molar-refractivity contribution in [2.24, 2.45) is 0 Å². The fourth-order valence-electron chi connectivity index (χ4n) is 1.59. The van der Waals surface area contributed by atoms with E-state index in [0.29, 0.717) is 13.2 Å². The highest BCUT2D eigenvalue weighted by Gasteiger charge is 2.09. The van der Waals surface area contributed by atoms with E-state index < -0.39 is 0 Å². The van der Waals surface area contributed by atoms with Crippen molar-refractivity contribution in [3.63, 3.8) is 0 Å². The van der Waals surface area contributed by atoms with Gasteiger partial charge in [-0.1, -0.05) is 6.07 Å². The summed E-state index contributed by atoms with van der Waals surface area (Å²) in [6.07, 6.45) is 1.77. The van der Waals surface area contributed by atoms with Crippen LogP contribution in [0.1, 0.15) is 12.5 Å². The number of nitrogens with zero attached hydrogens (tertiary/aromatic N) is 1. The monoisotopic (exact) mass is 265 g/mol. The van der Waals surface area contributed by atoms with E-state index >= 15 is 0 Å². The number of H-pyrrole nitrogens is 1. The number of carbonyl (C=O) groups is 1. The van der Waals surface area contributed by atoms with Gasteiger partial charge in [0.15, 0.2) is 0 Å². The molecule has 0 atom stereocenters. The van der Waals surface area contributed by atoms with Crippen molar-refractivity contribution >= 4 is 17.3 Å². The third-order valence-electron chi connectivity index (χ3n) is 2.38. The number of aromatic amines is 1. The van der Waals surface area contributed by atoms with Crippen LogP contribution in [0.5, 0.6) is 0 Å². The highest BCUT2D eigenvalue weighted by molar-refractivity contribution is 7.13. The number of nitrogens with one attached hydrogen (secondary N) is 2. The Bertz CT molecular complexity index is 493. The number of ether oxygens (including phenoxy) is 1. The molecule has 2 aromatic heterocycles. The molecule has 0 fully saturated rings. The molecule has 0 bridgehead atoms. The minimum Gasteiger partial charge on any atom is -0.465 e. The summed E-state index contributed by atoms with van der Waals surface area (Å²) in [4.78, 5) is 12.3. The van der Waals surface area contributed by atoms with Crippen LogP contribution in [0, 0.1) is 0 Å². The van der Waals surface area contributed by atoms with E-state index in [1.165, 1.54) is 0 Å². The minimum atomic E-state index is -0.237. The van der Waals surface area contributed by atoms with Crippen LogP contribution >= 0.6 is 11.3 Å². The molecule has 0 aromatic carbocycles. The predicted molar refractivity (Wildman–Crippen MR) is 70.2 cm³/mol. The van der Waals surface area contributed by atoms with E-state index in [2.05, 4.69) is 15.5 Å². The van der Waals surface area contributed by atoms with Gasteiger partial charge in [0.05, 0.1) is 29.9 Å². The van der Waals surface area contributed by atoms with Gasteiger partial charge in [-0.25, -0.2) is 0 Å². The number of hydrogen-bond acceptors (Lipinski definition) is 5. The Morgan fingerprint density at radius 1 is 1.61 bits per heavy atom. The molecule has 2 heterocycles. The van der Waals surface area contributed by atoms with Crippen LogP contribution in [-0.4, -0.2) is 29.3 Å². The van der Waals surface area contributed by atoms with E-state index in [9.17, 15) is 4.79 Å². The van der Waals surface area contributed by atoms with Crippen molar-refractivity contribution < 1.29 is 9.53 Å². The van der Waals surface area contributed by atoms with Crippen molar-refractivity contribution in [2.45, 2.75) is 13.5 Å². The number of carbonyl (C=O) groups excluding carboxylic acids is 1. The summed E-state index contributed by atoms with van der Waals surface area (Å²) < 4.78 is 4.84. The lowest BCUT2D eigenvalue weighted by atomic mass is 10.2. The van der Waals surface area contributed by atoms with Crippen molar-refractivity contribution in [3.05, 3.63) is 29.3 Å². The van der Waals surface area contributed by atoms with E-state index in [1.54, 1.807) is 24.5 Å². The Morgan fingerprint density at radius 2 is 2.50 bits per heavy atom. The second kappa shape index (κ2) is 6.32. The van der Waals surface area contributed by atoms with Gasteiger partial charge < -0.3 is 10.1 Å². The van der Waals surface area contributed by atoms with E-state index in [0.717, 1.165) is 16.1 Å². The Balaban J connectivity index is 1.91. The SMILES string of the molecule is CCOC(=O)CNCc1cn[nH]c1-c1cccs1. The van der Waals surface area contributed by atoms with Gasteiger partial charge in [-0.2, -0.15) is 5.10 Å². The minimum absolute atomic E-state index is 0.211. The second-order valence-electron chi connectivity index (χ2n) is 3.66. The topological polar surface area (TPSA) is 67.0 Å². The zero-order valence-electron chi connectivity index (χ0n) is 10.1. The first-order chi connectivity index (χ1) is 8.81. The maximum Gasteiger partial charge on any atom is 0.319 e. The predicted octanol–water partition coefficient (Wildman–Crippen LogP) is 1.79. The zero-order valence-corrected chi connectivity index (χ0v) is 10.9. The fraction of sp³-hybridized carbons (Fsp3) is 0.333. The van der Waals surface area contributed by atoms with Crippen molar-refractivity contribution in [1.82, 2.24) is 15.5 Å². The molecule has 2 N–H and O–H groups in total. The molecule has 96 valence electrons. The quantitative estimate of drug-likeness (QED) is 0.781. The first-order valence-electron chi connectivity index (χ1n) is 5.73. The van der Waals surface area contributed by atoms with Crippen molar-refractivity contribution in [3.8, 4) is 10.6 Å². The molecule has 0 radical (unpaired) electrons. The van der Waals surface area contributed by atoms with Gasteiger partial charge in [-0.3, -0.25) is 9.89 Å². The maximum absolute atomic E-state index is 11.2. The standard InChI is InChI=1S/C12H15N3O2S/c1-2-17-11(16)8-13-6-9-7-14-15-12(9)10-4-3-5-18-10/h3-5,7,13H,2,6,8H2,1H3,(H,14,15). The molecule has 0 aliphatic heterocycles. The summed E-state index contributed by atoms with van der Waals surface area (Å²) >= 11 is 1.65. The lowest BCUT2D eigenvalue weighted by molar-refractivity contribution is -0.142. The van der Waals surface area contributed by atoms with Gasteiger partial charge >= 0.3 is 5.97 Å². The number of esters is 1. The zero-order chi connectivity index (χ0) is 12.8. The largest absolute Gasteiger partial charge is 0.465 e. The van der Waals surface area contributed by atoms with Crippen LogP contribution in [-0.2, 0) is 16.1 Å². The molecular formula is C12H15N3O2S. The molecular weight excluding hydrogens is 250 g/mol. The molecule has 0 spiro atoms. The molecule has 0 unspecified atom stereocenters. The van der Waals surface area contributed by atoms with Gasteiger partial charge in [0.25, 0.3) is 0 Å². The number of aromatic nitrogens is 2. The van der Waals surface area contributed by atoms with E-state index in [4.69, 9.17) is 4.74 Å². The van der Waals surface area contributed by atoms with Crippen LogP contribution in [0.2, 0.25) is 0 Å². The lowest BCUT2D eigenvalue weighted by Crippen LogP contribution is -2.24. The van der Waals surface area contributed by atoms with Gasteiger partial charge in [0.2, 0.25) is 0 Å². The highest BCUT2D eigenvalue weighted by Crippen LogP contribution is 2.25. The molecule has 2 aromatic rings. The fourth-order valence-corrected chi connectivity index (χ4v) is 2.35. The normalized spacial score (nSPS) is 10.5. The number of hydrogen-bond donors (Lipinski definition) is 2. The highest BCUT2D eigenvalue weighted by atomic mass is 32.1. The Hall–Kier alpha value is -1.66. The molecule has 0 saturated carbocycles. The first kappa shape index (κ1) is 12.8. The molecule has 5 nitrogen and oxygen atoms in total. The Labute approximate surface area is 109 Å². The van der Waals surface area contributed by atoms with Crippen LogP contribution in [0.3, 0.4) is 0 Å². The molecule has 0 amide bonds. The Morgan fingerprint density at radius 3 is 3.22 bits per heavy atom. The van der Waals surface area contributed by atoms with E-state index in [1.807, 2.05) is 17.5 Å². The van der Waals surface area contributed by atoms with Crippen molar-refractivity contribution in [2.75, 3.05) is 13.2 Å². The second-order valence-corrected chi connectivity index (χ2v) is 4.60. The summed E-state index contributed by atoms with van der Waals surface area (Å²) in [5, 5.41) is 12.1. The van der Waals surface area contributed by atoms with Gasteiger partial charge in [0.1, 0.15) is 0 Å². The third kappa shape index (κ3) is 3.18. The van der Waals surface area contributed by atoms with Crippen LogP contribution in [0.4, 0.5) is 0 Å². The van der Waals surface area contributed by atoms with E-state index in [-0.39, 0.29) is 12.5 Å². The van der Waals surface area contributed by atoms with Gasteiger partial charge in [-0.05, 0) is 18.4 Å². The molecule has 6 heteroatoms. The summed E-state index contributed by atoms with van der Waals surface area (Å²) in [7, 11) is 0. The average Bonchev–Trinajstić information content (AvgIpc) is 2.98. The molecule has 18 heavy (non-hydrogen) atoms. The maximum atomic E-state index is 11.2. The molecule has 2 rings (SSSR count). The van der Waals surface area contributed by atoms with Gasteiger partial charge in [-0.15, -0.1) is 11.3 Å². The summed E-state index contributed by atoms with van der Waals surface area (Å²) in [5.41, 5.74) is 2.04. The number of rotatable bonds is 6. The number of thiophene rings is 1. The summed E-state index contributed by atoms with van der Waals surface area (Å²) in [5.74, 6) is -0.237. The summed E-state index contributed by atoms with van der Waals surface area (Å²) in [6.45, 7) is 3.00. The van der Waals surface area contributed by atoms with Crippen LogP contribution in [0.15, 0.2) is 23.7 Å². The summed E-state index contributed by atoms with van der Waals surface area (Å²) in [6, 6.07) is 4.03. The third-order valence-corrected chi connectivity index (χ3v) is 3.26. The smallest absolute Gasteiger partial charge is 0.319 e. The first-order valence-corrected chi connectivity index (χ1v) is 6.61.